The second-order valence-corrected chi connectivity index (χ2v) is 13.7. The predicted molar refractivity (Wildman–Crippen MR) is 221 cm³/mol. The Bertz CT molecular complexity index is 3180. The minimum absolute atomic E-state index is 1.16. The number of fused-ring (bicyclic) bond motifs is 9. The van der Waals surface area contributed by atoms with Gasteiger partial charge in [0.25, 0.3) is 0 Å². The van der Waals surface area contributed by atoms with Crippen molar-refractivity contribution in [2.75, 3.05) is 0 Å². The fourth-order valence-corrected chi connectivity index (χ4v) is 8.54. The Hall–Kier alpha value is -6.90. The third-order valence-electron chi connectivity index (χ3n) is 10.9. The molecule has 0 aliphatic heterocycles. The summed E-state index contributed by atoms with van der Waals surface area (Å²) in [6, 6.07) is 71.0. The van der Waals surface area contributed by atoms with Crippen LogP contribution in [0.3, 0.4) is 0 Å². The molecular weight excluding hydrogens is 629 g/mol. The maximum atomic E-state index is 2.43. The molecular formula is C50H32N2. The first-order valence-electron chi connectivity index (χ1n) is 17.9. The Labute approximate surface area is 301 Å². The van der Waals surface area contributed by atoms with E-state index in [1.54, 1.807) is 0 Å². The molecule has 0 saturated carbocycles. The molecule has 0 aliphatic carbocycles. The van der Waals surface area contributed by atoms with Gasteiger partial charge in [0, 0.05) is 32.9 Å². The molecule has 0 N–H and O–H groups in total. The Morgan fingerprint density at radius 3 is 1.42 bits per heavy atom. The number of aromatic nitrogens is 2. The van der Waals surface area contributed by atoms with E-state index < -0.39 is 0 Å². The second-order valence-electron chi connectivity index (χ2n) is 13.7. The quantitative estimate of drug-likeness (QED) is 0.166. The number of nitrogens with zero attached hydrogens (tertiary/aromatic N) is 2. The highest BCUT2D eigenvalue weighted by Crippen LogP contribution is 2.40. The first-order valence-corrected chi connectivity index (χ1v) is 17.9. The van der Waals surface area contributed by atoms with Crippen LogP contribution in [0.2, 0.25) is 0 Å². The van der Waals surface area contributed by atoms with E-state index >= 15 is 0 Å². The third kappa shape index (κ3) is 4.31. The van der Waals surface area contributed by atoms with Crippen LogP contribution in [0.4, 0.5) is 0 Å². The highest BCUT2D eigenvalue weighted by atomic mass is 15.0. The smallest absolute Gasteiger partial charge is 0.0541 e. The van der Waals surface area contributed by atoms with Gasteiger partial charge in [-0.25, -0.2) is 0 Å². The van der Waals surface area contributed by atoms with Gasteiger partial charge in [0.05, 0.1) is 22.1 Å². The summed E-state index contributed by atoms with van der Waals surface area (Å²) in [5, 5.41) is 10.1. The van der Waals surface area contributed by atoms with E-state index in [4.69, 9.17) is 0 Å². The van der Waals surface area contributed by atoms with E-state index in [0.717, 1.165) is 5.69 Å². The molecule has 0 radical (unpaired) electrons. The average molecular weight is 661 g/mol. The van der Waals surface area contributed by atoms with Gasteiger partial charge in [-0.3, -0.25) is 0 Å². The molecule has 0 atom stereocenters. The SMILES string of the molecule is c1ccc(-n2c3ccccc3c3cc(-c4ccc5c(c4)c4ccccc4n5-c4cccc(-c5cc6ccccc6c6ccccc56)c4)ccc32)cc1. The number of para-hydroxylation sites is 3. The molecule has 2 aromatic heterocycles. The topological polar surface area (TPSA) is 9.86 Å². The fourth-order valence-electron chi connectivity index (χ4n) is 8.54. The van der Waals surface area contributed by atoms with Crippen LogP contribution in [0.25, 0.3) is 98.8 Å². The van der Waals surface area contributed by atoms with E-state index in [2.05, 4.69) is 203 Å². The second kappa shape index (κ2) is 11.3. The number of hydrogen-bond donors (Lipinski definition) is 0. The van der Waals surface area contributed by atoms with E-state index in [1.165, 1.54) is 93.1 Å². The monoisotopic (exact) mass is 660 g/mol. The predicted octanol–water partition coefficient (Wildman–Crippen LogP) is 13.5. The van der Waals surface area contributed by atoms with Crippen molar-refractivity contribution in [1.82, 2.24) is 9.13 Å². The van der Waals surface area contributed by atoms with Crippen molar-refractivity contribution in [1.29, 1.82) is 0 Å². The maximum Gasteiger partial charge on any atom is 0.0541 e. The summed E-state index contributed by atoms with van der Waals surface area (Å²) in [7, 11) is 0. The van der Waals surface area contributed by atoms with E-state index in [-0.39, 0.29) is 0 Å². The number of hydrogen-bond acceptors (Lipinski definition) is 0. The molecule has 0 unspecified atom stereocenters. The zero-order valence-electron chi connectivity index (χ0n) is 28.4. The standard InChI is InChI=1S/C50H32N2/c1-2-15-37(16-3-1)51-47-23-10-8-21-42(47)45-30-33(25-27-49(45)51)34-26-28-50-46(31-34)43-22-9-11-24-48(43)52(50)38-17-12-14-35(29-38)44-32-36-13-4-5-18-39(36)40-19-6-7-20-41(40)44/h1-32H. The van der Waals surface area contributed by atoms with Gasteiger partial charge in [0.2, 0.25) is 0 Å². The summed E-state index contributed by atoms with van der Waals surface area (Å²) in [6.07, 6.45) is 0. The molecule has 2 nitrogen and oxygen atoms in total. The lowest BCUT2D eigenvalue weighted by molar-refractivity contribution is 1.18. The Balaban J connectivity index is 1.08. The van der Waals surface area contributed by atoms with Gasteiger partial charge in [0.15, 0.2) is 0 Å². The van der Waals surface area contributed by atoms with Gasteiger partial charge < -0.3 is 9.13 Å². The summed E-state index contributed by atoms with van der Waals surface area (Å²) in [6.45, 7) is 0. The molecule has 11 aromatic rings. The average Bonchev–Trinajstić information content (AvgIpc) is 3.73. The van der Waals surface area contributed by atoms with Crippen molar-refractivity contribution in [3.05, 3.63) is 194 Å². The van der Waals surface area contributed by atoms with Gasteiger partial charge >= 0.3 is 0 Å². The minimum atomic E-state index is 1.16. The zero-order valence-corrected chi connectivity index (χ0v) is 28.4. The summed E-state index contributed by atoms with van der Waals surface area (Å²) < 4.78 is 4.80. The van der Waals surface area contributed by atoms with Crippen LogP contribution in [-0.2, 0) is 0 Å². The highest BCUT2D eigenvalue weighted by Gasteiger charge is 2.17. The summed E-state index contributed by atoms with van der Waals surface area (Å²) >= 11 is 0. The number of rotatable bonds is 4. The van der Waals surface area contributed by atoms with Crippen LogP contribution in [0, 0.1) is 0 Å². The summed E-state index contributed by atoms with van der Waals surface area (Å²) in [5.41, 5.74) is 12.1. The number of benzene rings is 9. The van der Waals surface area contributed by atoms with Crippen LogP contribution in [-0.4, -0.2) is 9.13 Å². The van der Waals surface area contributed by atoms with Crippen LogP contribution in [0.5, 0.6) is 0 Å². The van der Waals surface area contributed by atoms with Crippen LogP contribution < -0.4 is 0 Å². The first kappa shape index (κ1) is 28.9. The fraction of sp³-hybridized carbons (Fsp3) is 0. The van der Waals surface area contributed by atoms with E-state index in [9.17, 15) is 0 Å². The van der Waals surface area contributed by atoms with Gasteiger partial charge in [-0.15, -0.1) is 0 Å². The largest absolute Gasteiger partial charge is 0.309 e. The molecule has 0 bridgehead atoms. The third-order valence-corrected chi connectivity index (χ3v) is 10.9. The van der Waals surface area contributed by atoms with Crippen molar-refractivity contribution in [3.63, 3.8) is 0 Å². The first-order chi connectivity index (χ1) is 25.8. The van der Waals surface area contributed by atoms with Crippen LogP contribution in [0.15, 0.2) is 194 Å². The van der Waals surface area contributed by atoms with Gasteiger partial charge in [-0.2, -0.15) is 0 Å². The summed E-state index contributed by atoms with van der Waals surface area (Å²) in [4.78, 5) is 0. The van der Waals surface area contributed by atoms with Gasteiger partial charge in [0.1, 0.15) is 0 Å². The molecule has 2 heteroatoms. The van der Waals surface area contributed by atoms with Crippen molar-refractivity contribution in [2.24, 2.45) is 0 Å². The molecule has 0 fully saturated rings. The lowest BCUT2D eigenvalue weighted by Gasteiger charge is -2.14. The van der Waals surface area contributed by atoms with Crippen LogP contribution >= 0.6 is 0 Å². The molecule has 242 valence electrons. The molecule has 0 aliphatic rings. The van der Waals surface area contributed by atoms with Crippen molar-refractivity contribution in [2.45, 2.75) is 0 Å². The Morgan fingerprint density at radius 1 is 0.250 bits per heavy atom. The molecule has 0 spiro atoms. The maximum absolute atomic E-state index is 2.43. The van der Waals surface area contributed by atoms with Gasteiger partial charge in [-0.05, 0) is 111 Å². The minimum Gasteiger partial charge on any atom is -0.309 e. The Kier molecular flexibility index (Phi) is 6.28. The zero-order chi connectivity index (χ0) is 34.2. The molecule has 52 heavy (non-hydrogen) atoms. The van der Waals surface area contributed by atoms with Gasteiger partial charge in [-0.1, -0.05) is 127 Å². The molecule has 11 rings (SSSR count). The van der Waals surface area contributed by atoms with E-state index in [0.29, 0.717) is 0 Å². The molecule has 2 heterocycles. The van der Waals surface area contributed by atoms with Crippen molar-refractivity contribution < 1.29 is 0 Å². The van der Waals surface area contributed by atoms with Crippen molar-refractivity contribution >= 4 is 65.2 Å². The highest BCUT2D eigenvalue weighted by molar-refractivity contribution is 6.15. The van der Waals surface area contributed by atoms with E-state index in [1.807, 2.05) is 0 Å². The summed E-state index contributed by atoms with van der Waals surface area (Å²) in [5.74, 6) is 0. The van der Waals surface area contributed by atoms with Crippen molar-refractivity contribution in [3.8, 4) is 33.6 Å². The molecule has 0 saturated heterocycles. The molecule has 0 amide bonds. The lowest BCUT2D eigenvalue weighted by atomic mass is 9.93. The Morgan fingerprint density at radius 2 is 0.750 bits per heavy atom. The molecule has 9 aromatic carbocycles. The normalized spacial score (nSPS) is 11.8. The lowest BCUT2D eigenvalue weighted by Crippen LogP contribution is -1.94. The van der Waals surface area contributed by atoms with Crippen LogP contribution in [0.1, 0.15) is 0 Å².